The Kier molecular flexibility index (Phi) is 4.83. The molecule has 2 aromatic carbocycles. The number of carbonyl (C=O) groups excluding carboxylic acids is 1. The normalized spacial score (nSPS) is 10.8. The van der Waals surface area contributed by atoms with Gasteiger partial charge in [0.05, 0.1) is 41.9 Å². The summed E-state index contributed by atoms with van der Waals surface area (Å²) in [5.41, 5.74) is 3.69. The van der Waals surface area contributed by atoms with Gasteiger partial charge in [0.1, 0.15) is 11.6 Å². The van der Waals surface area contributed by atoms with E-state index < -0.39 is 0 Å². The molecule has 0 bridgehead atoms. The molecule has 0 radical (unpaired) electrons. The molecule has 2 aromatic heterocycles. The third-order valence-corrected chi connectivity index (χ3v) is 4.84. The second-order valence-electron chi connectivity index (χ2n) is 6.54. The number of carbonyl (C=O) groups is 1. The van der Waals surface area contributed by atoms with Gasteiger partial charge in [-0.15, -0.1) is 0 Å². The third-order valence-electron chi connectivity index (χ3n) is 4.84. The number of nitriles is 1. The van der Waals surface area contributed by atoms with Crippen LogP contribution in [0.2, 0.25) is 0 Å². The molecule has 0 spiro atoms. The molecule has 0 saturated carbocycles. The predicted molar refractivity (Wildman–Crippen MR) is 108 cm³/mol. The minimum Gasteiger partial charge on any atom is -0.465 e. The number of methoxy groups -OCH3 is 1. The first-order valence-electron chi connectivity index (χ1n) is 9.23. The molecule has 0 aliphatic carbocycles. The first-order chi connectivity index (χ1) is 14.1. The zero-order valence-electron chi connectivity index (χ0n) is 16.2. The summed E-state index contributed by atoms with van der Waals surface area (Å²) in [6, 6.07) is 14.9. The van der Waals surface area contributed by atoms with E-state index in [9.17, 15) is 4.79 Å². The molecule has 2 heterocycles. The second-order valence-corrected chi connectivity index (χ2v) is 6.54. The summed E-state index contributed by atoms with van der Waals surface area (Å²) < 4.78 is 8.94. The maximum absolute atomic E-state index is 11.9. The van der Waals surface area contributed by atoms with Crippen LogP contribution in [-0.4, -0.2) is 32.2 Å². The van der Waals surface area contributed by atoms with Crippen LogP contribution >= 0.6 is 0 Å². The Bertz CT molecular complexity index is 1250. The van der Waals surface area contributed by atoms with Gasteiger partial charge in [-0.25, -0.2) is 14.8 Å². The topological polar surface area (TPSA) is 85.7 Å². The molecule has 0 saturated heterocycles. The first kappa shape index (κ1) is 18.4. The number of nitrogens with zero attached hydrogens (tertiary/aromatic N) is 5. The number of aromatic nitrogens is 4. The molecule has 0 fully saturated rings. The van der Waals surface area contributed by atoms with Crippen molar-refractivity contribution in [1.29, 1.82) is 5.26 Å². The second kappa shape index (κ2) is 7.60. The largest absolute Gasteiger partial charge is 0.465 e. The van der Waals surface area contributed by atoms with Crippen molar-refractivity contribution in [3.05, 3.63) is 71.8 Å². The van der Waals surface area contributed by atoms with Gasteiger partial charge in [-0.1, -0.05) is 12.1 Å². The smallest absolute Gasteiger partial charge is 0.337 e. The van der Waals surface area contributed by atoms with Crippen LogP contribution in [0, 0.1) is 11.3 Å². The number of fused-ring (bicyclic) bond motifs is 1. The van der Waals surface area contributed by atoms with Crippen LogP contribution in [0.5, 0.6) is 0 Å². The lowest BCUT2D eigenvalue weighted by Gasteiger charge is -2.10. The van der Waals surface area contributed by atoms with Crippen molar-refractivity contribution in [2.45, 2.75) is 20.0 Å². The van der Waals surface area contributed by atoms with E-state index in [1.54, 1.807) is 30.5 Å². The van der Waals surface area contributed by atoms with E-state index >= 15 is 0 Å². The maximum atomic E-state index is 11.9. The Balaban J connectivity index is 1.73. The molecule has 29 heavy (non-hydrogen) atoms. The van der Waals surface area contributed by atoms with Crippen LogP contribution in [-0.2, 0) is 17.8 Å². The van der Waals surface area contributed by atoms with Crippen molar-refractivity contribution in [3.63, 3.8) is 0 Å². The predicted octanol–water partition coefficient (Wildman–Crippen LogP) is 3.63. The van der Waals surface area contributed by atoms with Gasteiger partial charge >= 0.3 is 5.97 Å². The molecule has 7 heteroatoms. The molecule has 0 atom stereocenters. The molecule has 0 N–H and O–H groups in total. The molecule has 0 unspecified atom stereocenters. The number of esters is 1. The van der Waals surface area contributed by atoms with E-state index in [2.05, 4.69) is 22.5 Å². The summed E-state index contributed by atoms with van der Waals surface area (Å²) in [5, 5.41) is 9.15. The lowest BCUT2D eigenvalue weighted by atomic mass is 10.1. The lowest BCUT2D eigenvalue weighted by molar-refractivity contribution is 0.0601. The Hall–Kier alpha value is -3.92. The van der Waals surface area contributed by atoms with E-state index in [1.165, 1.54) is 7.11 Å². The molecule has 4 aromatic rings. The number of hydrogen-bond donors (Lipinski definition) is 0. The van der Waals surface area contributed by atoms with Crippen LogP contribution in [0.25, 0.3) is 22.4 Å². The van der Waals surface area contributed by atoms with Crippen LogP contribution in [0.4, 0.5) is 0 Å². The first-order valence-corrected chi connectivity index (χ1v) is 9.23. The van der Waals surface area contributed by atoms with Crippen molar-refractivity contribution in [2.75, 3.05) is 7.11 Å². The summed E-state index contributed by atoms with van der Waals surface area (Å²) in [7, 11) is 1.36. The third kappa shape index (κ3) is 3.36. The average Bonchev–Trinajstić information content (AvgIpc) is 3.36. The molecule has 0 aliphatic heterocycles. The summed E-state index contributed by atoms with van der Waals surface area (Å²) in [6.45, 7) is 3.35. The Morgan fingerprint density at radius 2 is 2.10 bits per heavy atom. The zero-order valence-corrected chi connectivity index (χ0v) is 16.2. The number of benzene rings is 2. The highest BCUT2D eigenvalue weighted by Crippen LogP contribution is 2.23. The number of aryl methyl sites for hydroxylation is 1. The molecular weight excluding hydrogens is 366 g/mol. The minimum absolute atomic E-state index is 0.383. The fraction of sp³-hybridized carbons (Fsp3) is 0.182. The SMILES string of the molecule is CCn1c(Cn2ccnc2-c2cccc(C(=O)OC)c2)nc2cc(C#N)ccc21. The van der Waals surface area contributed by atoms with Gasteiger partial charge in [-0.05, 0) is 37.3 Å². The van der Waals surface area contributed by atoms with E-state index in [0.29, 0.717) is 17.7 Å². The molecular formula is C22H19N5O2. The molecule has 0 amide bonds. The van der Waals surface area contributed by atoms with Crippen molar-refractivity contribution in [3.8, 4) is 17.5 Å². The highest BCUT2D eigenvalue weighted by atomic mass is 16.5. The molecule has 144 valence electrons. The average molecular weight is 385 g/mol. The number of hydrogen-bond acceptors (Lipinski definition) is 5. The van der Waals surface area contributed by atoms with Gasteiger partial charge in [0.25, 0.3) is 0 Å². The van der Waals surface area contributed by atoms with Crippen LogP contribution in [0.3, 0.4) is 0 Å². The van der Waals surface area contributed by atoms with Gasteiger partial charge in [-0.3, -0.25) is 0 Å². The summed E-state index contributed by atoms with van der Waals surface area (Å²) in [5.74, 6) is 1.23. The van der Waals surface area contributed by atoms with Crippen molar-refractivity contribution in [2.24, 2.45) is 0 Å². The fourth-order valence-electron chi connectivity index (χ4n) is 3.48. The van der Waals surface area contributed by atoms with Gasteiger partial charge in [-0.2, -0.15) is 5.26 Å². The van der Waals surface area contributed by atoms with Crippen molar-refractivity contribution in [1.82, 2.24) is 19.1 Å². The Morgan fingerprint density at radius 3 is 2.86 bits per heavy atom. The molecule has 4 rings (SSSR count). The van der Waals surface area contributed by atoms with Gasteiger partial charge < -0.3 is 13.9 Å². The lowest BCUT2D eigenvalue weighted by Crippen LogP contribution is -2.09. The fourth-order valence-corrected chi connectivity index (χ4v) is 3.48. The molecule has 0 aliphatic rings. The summed E-state index contributed by atoms with van der Waals surface area (Å²) in [4.78, 5) is 21.1. The highest BCUT2D eigenvalue weighted by molar-refractivity contribution is 5.90. The number of imidazole rings is 2. The number of ether oxygens (including phenoxy) is 1. The Labute approximate surface area is 167 Å². The van der Waals surface area contributed by atoms with Gasteiger partial charge in [0.2, 0.25) is 0 Å². The zero-order chi connectivity index (χ0) is 20.4. The summed E-state index contributed by atoms with van der Waals surface area (Å²) in [6.07, 6.45) is 3.62. The van der Waals surface area contributed by atoms with Crippen LogP contribution in [0.1, 0.15) is 28.7 Å². The van der Waals surface area contributed by atoms with Crippen molar-refractivity contribution < 1.29 is 9.53 Å². The highest BCUT2D eigenvalue weighted by Gasteiger charge is 2.15. The Morgan fingerprint density at radius 1 is 1.24 bits per heavy atom. The van der Waals surface area contributed by atoms with Gasteiger partial charge in [0.15, 0.2) is 0 Å². The quantitative estimate of drug-likeness (QED) is 0.490. The van der Waals surface area contributed by atoms with Gasteiger partial charge in [0, 0.05) is 24.5 Å². The van der Waals surface area contributed by atoms with E-state index in [1.807, 2.05) is 29.0 Å². The maximum Gasteiger partial charge on any atom is 0.337 e. The number of rotatable bonds is 5. The minimum atomic E-state index is -0.383. The van der Waals surface area contributed by atoms with E-state index in [4.69, 9.17) is 15.0 Å². The van der Waals surface area contributed by atoms with Crippen LogP contribution in [0.15, 0.2) is 54.9 Å². The monoisotopic (exact) mass is 385 g/mol. The standard InChI is InChI=1S/C22H19N5O2/c1-3-27-19-8-7-15(13-23)11-18(19)25-20(27)14-26-10-9-24-21(26)16-5-4-6-17(12-16)22(28)29-2/h4-12H,3,14H2,1-2H3. The summed E-state index contributed by atoms with van der Waals surface area (Å²) >= 11 is 0. The van der Waals surface area contributed by atoms with Crippen molar-refractivity contribution >= 4 is 17.0 Å². The molecule has 7 nitrogen and oxygen atoms in total. The van der Waals surface area contributed by atoms with E-state index in [0.717, 1.165) is 34.8 Å². The van der Waals surface area contributed by atoms with E-state index in [-0.39, 0.29) is 5.97 Å². The van der Waals surface area contributed by atoms with Crippen LogP contribution < -0.4 is 0 Å².